The smallest absolute Gasteiger partial charge is 0.119 e. The van der Waals surface area contributed by atoms with E-state index in [-0.39, 0.29) is 11.5 Å². The van der Waals surface area contributed by atoms with Crippen LogP contribution in [0.2, 0.25) is 0 Å². The van der Waals surface area contributed by atoms with E-state index in [1.54, 1.807) is 30.6 Å². The number of ether oxygens (including phenoxy) is 2. The van der Waals surface area contributed by atoms with Gasteiger partial charge < -0.3 is 19.7 Å². The minimum Gasteiger partial charge on any atom is -0.508 e. The number of rotatable bonds is 7. The maximum atomic E-state index is 10.1. The first-order valence-electron chi connectivity index (χ1n) is 11.7. The number of nitrogens with zero attached hydrogens (tertiary/aromatic N) is 1. The zero-order valence-electron chi connectivity index (χ0n) is 19.3. The van der Waals surface area contributed by atoms with E-state index in [0.29, 0.717) is 6.61 Å². The normalized spacial score (nSPS) is 14.4. The molecule has 176 valence electrons. The fraction of sp³-hybridized carbons (Fsp3) is 0.286. The molecule has 1 aliphatic heterocycles. The lowest BCUT2D eigenvalue weighted by Gasteiger charge is -2.26. The molecule has 2 N–H and O–H groups in total. The van der Waals surface area contributed by atoms with Crippen LogP contribution in [0.3, 0.4) is 0 Å². The summed E-state index contributed by atoms with van der Waals surface area (Å²) in [5.74, 6) is 1.71. The third kappa shape index (κ3) is 4.83. The predicted molar refractivity (Wildman–Crippen MR) is 138 cm³/mol. The van der Waals surface area contributed by atoms with Crippen molar-refractivity contribution in [3.8, 4) is 44.6 Å². The van der Waals surface area contributed by atoms with Gasteiger partial charge in [-0.1, -0.05) is 18.6 Å². The topological polar surface area (TPSA) is 62.2 Å². The number of likely N-dealkylation sites (tertiary alicyclic amines) is 1. The Morgan fingerprint density at radius 2 is 1.53 bits per heavy atom. The molecule has 0 saturated carbocycles. The van der Waals surface area contributed by atoms with Gasteiger partial charge in [0, 0.05) is 33.1 Å². The maximum Gasteiger partial charge on any atom is 0.119 e. The Morgan fingerprint density at radius 3 is 2.24 bits per heavy atom. The first-order chi connectivity index (χ1) is 16.6. The molecule has 6 heteroatoms. The molecule has 0 atom stereocenters. The molecule has 1 fully saturated rings. The molecule has 3 aromatic carbocycles. The van der Waals surface area contributed by atoms with E-state index in [9.17, 15) is 10.2 Å². The molecule has 0 unspecified atom stereocenters. The van der Waals surface area contributed by atoms with Crippen LogP contribution in [0, 0.1) is 0 Å². The van der Waals surface area contributed by atoms with Gasteiger partial charge in [-0.05, 0) is 79.5 Å². The van der Waals surface area contributed by atoms with Crippen molar-refractivity contribution in [2.45, 2.75) is 19.3 Å². The molecular weight excluding hydrogens is 446 g/mol. The minimum atomic E-state index is 0.0356. The van der Waals surface area contributed by atoms with Crippen molar-refractivity contribution in [3.63, 3.8) is 0 Å². The maximum absolute atomic E-state index is 10.1. The summed E-state index contributed by atoms with van der Waals surface area (Å²) in [6, 6.07) is 18.9. The summed E-state index contributed by atoms with van der Waals surface area (Å²) in [4.78, 5) is 3.45. The van der Waals surface area contributed by atoms with Crippen LogP contribution in [0.5, 0.6) is 23.0 Å². The van der Waals surface area contributed by atoms with Crippen LogP contribution in [0.4, 0.5) is 0 Å². The fourth-order valence-corrected chi connectivity index (χ4v) is 5.81. The van der Waals surface area contributed by atoms with Gasteiger partial charge in [-0.15, -0.1) is 11.3 Å². The summed E-state index contributed by atoms with van der Waals surface area (Å²) in [5, 5.41) is 21.3. The van der Waals surface area contributed by atoms with Crippen LogP contribution < -0.4 is 9.47 Å². The second kappa shape index (κ2) is 9.95. The summed E-state index contributed by atoms with van der Waals surface area (Å²) in [7, 11) is 1.66. The number of hydrogen-bond acceptors (Lipinski definition) is 6. The van der Waals surface area contributed by atoms with Crippen LogP contribution in [0.15, 0.2) is 60.7 Å². The van der Waals surface area contributed by atoms with Crippen LogP contribution in [0.1, 0.15) is 19.3 Å². The Hall–Kier alpha value is -3.22. The van der Waals surface area contributed by atoms with Gasteiger partial charge in [0.05, 0.1) is 7.11 Å². The van der Waals surface area contributed by atoms with Crippen molar-refractivity contribution in [3.05, 3.63) is 60.7 Å². The quantitative estimate of drug-likeness (QED) is 0.319. The Bertz CT molecular complexity index is 1260. The highest BCUT2D eigenvalue weighted by atomic mass is 32.1. The number of piperidine rings is 1. The van der Waals surface area contributed by atoms with E-state index >= 15 is 0 Å². The largest absolute Gasteiger partial charge is 0.508 e. The first kappa shape index (κ1) is 22.6. The molecule has 0 amide bonds. The zero-order valence-corrected chi connectivity index (χ0v) is 20.1. The van der Waals surface area contributed by atoms with Gasteiger partial charge >= 0.3 is 0 Å². The monoisotopic (exact) mass is 475 g/mol. The number of benzene rings is 3. The summed E-state index contributed by atoms with van der Waals surface area (Å²) < 4.78 is 12.6. The SMILES string of the molecule is COc1ccc2sc(-c3cc(O)cc(O)c3)c(-c3ccc(OCCN4CCCCC4)cc3)c2c1. The van der Waals surface area contributed by atoms with Gasteiger partial charge in [0.15, 0.2) is 0 Å². The van der Waals surface area contributed by atoms with Gasteiger partial charge in [0.2, 0.25) is 0 Å². The lowest BCUT2D eigenvalue weighted by molar-refractivity contribution is 0.183. The predicted octanol–water partition coefficient (Wildman–Crippen LogP) is 6.52. The molecule has 5 nitrogen and oxygen atoms in total. The number of methoxy groups -OCH3 is 1. The highest BCUT2D eigenvalue weighted by Gasteiger charge is 2.18. The highest BCUT2D eigenvalue weighted by molar-refractivity contribution is 7.23. The van der Waals surface area contributed by atoms with Gasteiger partial charge in [-0.25, -0.2) is 0 Å². The third-order valence-electron chi connectivity index (χ3n) is 6.33. The summed E-state index contributed by atoms with van der Waals surface area (Å²) >= 11 is 1.63. The number of phenolic OH excluding ortho intramolecular Hbond substituents is 2. The van der Waals surface area contributed by atoms with Gasteiger partial charge in [-0.3, -0.25) is 4.90 Å². The summed E-state index contributed by atoms with van der Waals surface area (Å²) in [6.07, 6.45) is 3.91. The van der Waals surface area contributed by atoms with Crippen molar-refractivity contribution in [1.29, 1.82) is 0 Å². The van der Waals surface area contributed by atoms with E-state index < -0.39 is 0 Å². The second-order valence-corrected chi connectivity index (χ2v) is 9.73. The van der Waals surface area contributed by atoms with Crippen LogP contribution >= 0.6 is 11.3 Å². The molecule has 0 radical (unpaired) electrons. The summed E-state index contributed by atoms with van der Waals surface area (Å²) in [6.45, 7) is 3.99. The number of thiophene rings is 1. The van der Waals surface area contributed by atoms with Crippen LogP contribution in [-0.4, -0.2) is 48.5 Å². The van der Waals surface area contributed by atoms with Crippen LogP contribution in [0.25, 0.3) is 31.7 Å². The fourth-order valence-electron chi connectivity index (χ4n) is 4.61. The number of hydrogen-bond donors (Lipinski definition) is 2. The molecule has 2 heterocycles. The molecule has 34 heavy (non-hydrogen) atoms. The second-order valence-electron chi connectivity index (χ2n) is 8.68. The molecule has 0 spiro atoms. The molecular formula is C28H29NO4S. The Morgan fingerprint density at radius 1 is 0.824 bits per heavy atom. The van der Waals surface area contributed by atoms with Crippen LogP contribution in [-0.2, 0) is 0 Å². The Balaban J connectivity index is 1.46. The molecule has 1 saturated heterocycles. The minimum absolute atomic E-state index is 0.0356. The number of aromatic hydroxyl groups is 2. The molecule has 1 aliphatic rings. The molecule has 0 bridgehead atoms. The molecule has 5 rings (SSSR count). The average molecular weight is 476 g/mol. The van der Waals surface area contributed by atoms with Crippen molar-refractivity contribution in [1.82, 2.24) is 4.90 Å². The highest BCUT2D eigenvalue weighted by Crippen LogP contribution is 2.47. The van der Waals surface area contributed by atoms with Gasteiger partial charge in [0.25, 0.3) is 0 Å². The molecule has 0 aliphatic carbocycles. The third-order valence-corrected chi connectivity index (χ3v) is 7.55. The van der Waals surface area contributed by atoms with E-state index in [2.05, 4.69) is 17.0 Å². The number of fused-ring (bicyclic) bond motifs is 1. The number of phenols is 2. The standard InChI is InChI=1S/C28H29NO4S/c1-32-24-9-10-26-25(18-24)27(28(34-26)20-15-21(30)17-22(31)16-20)19-5-7-23(8-6-19)33-14-13-29-11-3-2-4-12-29/h5-10,15-18,30-31H,2-4,11-14H2,1H3. The lowest BCUT2D eigenvalue weighted by atomic mass is 9.98. The van der Waals surface area contributed by atoms with Crippen molar-refractivity contribution in [2.24, 2.45) is 0 Å². The van der Waals surface area contributed by atoms with Crippen molar-refractivity contribution >= 4 is 21.4 Å². The Labute approximate surface area is 203 Å². The first-order valence-corrected chi connectivity index (χ1v) is 12.5. The molecule has 1 aromatic heterocycles. The lowest BCUT2D eigenvalue weighted by Crippen LogP contribution is -2.33. The summed E-state index contributed by atoms with van der Waals surface area (Å²) in [5.41, 5.74) is 2.86. The zero-order chi connectivity index (χ0) is 23.5. The van der Waals surface area contributed by atoms with E-state index in [0.717, 1.165) is 49.7 Å². The van der Waals surface area contributed by atoms with Gasteiger partial charge in [0.1, 0.15) is 29.6 Å². The van der Waals surface area contributed by atoms with E-state index in [4.69, 9.17) is 9.47 Å². The average Bonchev–Trinajstić information content (AvgIpc) is 3.23. The van der Waals surface area contributed by atoms with Crippen molar-refractivity contribution < 1.29 is 19.7 Å². The van der Waals surface area contributed by atoms with Gasteiger partial charge in [-0.2, -0.15) is 0 Å². The van der Waals surface area contributed by atoms with Crippen molar-refractivity contribution in [2.75, 3.05) is 33.4 Å². The Kier molecular flexibility index (Phi) is 6.61. The molecule has 4 aromatic rings. The van der Waals surface area contributed by atoms with E-state index in [1.165, 1.54) is 38.4 Å². The van der Waals surface area contributed by atoms with E-state index in [1.807, 2.05) is 30.3 Å².